The van der Waals surface area contributed by atoms with Crippen LogP contribution in [0.4, 0.5) is 0 Å². The minimum absolute atomic E-state index is 0.794. The third-order valence-electron chi connectivity index (χ3n) is 3.37. The maximum atomic E-state index is 5.88. The van der Waals surface area contributed by atoms with Gasteiger partial charge in [0.15, 0.2) is 0 Å². The Bertz CT molecular complexity index is 761. The van der Waals surface area contributed by atoms with Gasteiger partial charge in [-0.25, -0.2) is 0 Å². The van der Waals surface area contributed by atoms with Gasteiger partial charge < -0.3 is 9.47 Å². The molecule has 0 fully saturated rings. The van der Waals surface area contributed by atoms with E-state index in [1.54, 1.807) is 0 Å². The first-order valence-electron chi connectivity index (χ1n) is 7.29. The Kier molecular flexibility index (Phi) is 4.10. The van der Waals surface area contributed by atoms with Gasteiger partial charge in [-0.3, -0.25) is 0 Å². The Morgan fingerprint density at radius 3 is 1.95 bits per heavy atom. The van der Waals surface area contributed by atoms with Gasteiger partial charge in [0.1, 0.15) is 23.0 Å². The summed E-state index contributed by atoms with van der Waals surface area (Å²) < 4.78 is 11.7. The zero-order valence-electron chi connectivity index (χ0n) is 12.7. The highest BCUT2D eigenvalue weighted by Crippen LogP contribution is 2.28. The highest BCUT2D eigenvalue weighted by atomic mass is 16.5. The monoisotopic (exact) mass is 290 g/mol. The number of aryl methyl sites for hydroxylation is 2. The van der Waals surface area contributed by atoms with Crippen molar-refractivity contribution in [2.24, 2.45) is 0 Å². The van der Waals surface area contributed by atoms with Crippen molar-refractivity contribution < 1.29 is 9.47 Å². The highest BCUT2D eigenvalue weighted by molar-refractivity contribution is 5.40. The molecular weight excluding hydrogens is 272 g/mol. The van der Waals surface area contributed by atoms with Gasteiger partial charge in [-0.15, -0.1) is 0 Å². The molecule has 0 saturated heterocycles. The van der Waals surface area contributed by atoms with Gasteiger partial charge in [0, 0.05) is 0 Å². The Morgan fingerprint density at radius 1 is 0.591 bits per heavy atom. The van der Waals surface area contributed by atoms with Crippen molar-refractivity contribution in [3.05, 3.63) is 83.9 Å². The maximum absolute atomic E-state index is 5.88. The molecule has 0 aliphatic carbocycles. The predicted molar refractivity (Wildman–Crippen MR) is 88.9 cm³/mol. The Morgan fingerprint density at radius 2 is 1.27 bits per heavy atom. The van der Waals surface area contributed by atoms with Crippen LogP contribution in [0.3, 0.4) is 0 Å². The molecule has 0 aromatic heterocycles. The number of benzene rings is 3. The van der Waals surface area contributed by atoms with Gasteiger partial charge in [-0.05, 0) is 67.4 Å². The van der Waals surface area contributed by atoms with Gasteiger partial charge in [-0.2, -0.15) is 0 Å². The molecule has 0 atom stereocenters. The fourth-order valence-electron chi connectivity index (χ4n) is 2.19. The SMILES string of the molecule is Cc1cccc(Oc2ccc(Oc3ccccc3C)cc2)c1. The van der Waals surface area contributed by atoms with E-state index in [1.165, 1.54) is 5.56 Å². The minimum atomic E-state index is 0.794. The van der Waals surface area contributed by atoms with Crippen molar-refractivity contribution in [3.63, 3.8) is 0 Å². The van der Waals surface area contributed by atoms with E-state index in [-0.39, 0.29) is 0 Å². The molecule has 0 saturated carbocycles. The molecule has 3 aromatic rings. The first kappa shape index (κ1) is 14.2. The average molecular weight is 290 g/mol. The molecule has 0 aliphatic heterocycles. The number of rotatable bonds is 4. The molecule has 2 nitrogen and oxygen atoms in total. The smallest absolute Gasteiger partial charge is 0.130 e. The average Bonchev–Trinajstić information content (AvgIpc) is 2.52. The summed E-state index contributed by atoms with van der Waals surface area (Å²) in [5.41, 5.74) is 2.29. The van der Waals surface area contributed by atoms with E-state index >= 15 is 0 Å². The lowest BCUT2D eigenvalue weighted by Gasteiger charge is -2.10. The lowest BCUT2D eigenvalue weighted by molar-refractivity contribution is 0.467. The van der Waals surface area contributed by atoms with Crippen molar-refractivity contribution in [2.75, 3.05) is 0 Å². The Hall–Kier alpha value is -2.74. The largest absolute Gasteiger partial charge is 0.457 e. The zero-order valence-corrected chi connectivity index (χ0v) is 12.7. The van der Waals surface area contributed by atoms with Crippen LogP contribution in [0.2, 0.25) is 0 Å². The number of hydrogen-bond donors (Lipinski definition) is 0. The molecular formula is C20H18O2. The molecule has 0 N–H and O–H groups in total. The standard InChI is InChI=1S/C20H18O2/c1-15-6-5-8-19(14-15)21-17-10-12-18(13-11-17)22-20-9-4-3-7-16(20)2/h3-14H,1-2H3. The van der Waals surface area contributed by atoms with Crippen LogP contribution in [0.15, 0.2) is 72.8 Å². The predicted octanol–water partition coefficient (Wildman–Crippen LogP) is 5.89. The summed E-state index contributed by atoms with van der Waals surface area (Å²) in [6, 6.07) is 23.6. The van der Waals surface area contributed by atoms with Gasteiger partial charge in [0.05, 0.1) is 0 Å². The fraction of sp³-hybridized carbons (Fsp3) is 0.100. The van der Waals surface area contributed by atoms with Crippen LogP contribution in [0.5, 0.6) is 23.0 Å². The molecule has 0 amide bonds. The second kappa shape index (κ2) is 6.35. The molecule has 0 radical (unpaired) electrons. The van der Waals surface area contributed by atoms with E-state index in [4.69, 9.17) is 9.47 Å². The second-order valence-corrected chi connectivity index (χ2v) is 5.26. The number of ether oxygens (including phenoxy) is 2. The van der Waals surface area contributed by atoms with Crippen LogP contribution in [-0.2, 0) is 0 Å². The molecule has 0 bridgehead atoms. The molecule has 0 aliphatic rings. The lowest BCUT2D eigenvalue weighted by atomic mass is 10.2. The maximum Gasteiger partial charge on any atom is 0.130 e. The summed E-state index contributed by atoms with van der Waals surface area (Å²) in [4.78, 5) is 0. The van der Waals surface area contributed by atoms with Crippen LogP contribution >= 0.6 is 0 Å². The van der Waals surface area contributed by atoms with Gasteiger partial charge in [0.25, 0.3) is 0 Å². The molecule has 3 rings (SSSR count). The zero-order chi connectivity index (χ0) is 15.4. The van der Waals surface area contributed by atoms with Crippen molar-refractivity contribution in [2.45, 2.75) is 13.8 Å². The van der Waals surface area contributed by atoms with E-state index in [0.717, 1.165) is 28.6 Å². The van der Waals surface area contributed by atoms with E-state index in [2.05, 4.69) is 0 Å². The number of para-hydroxylation sites is 1. The van der Waals surface area contributed by atoms with Crippen LogP contribution in [-0.4, -0.2) is 0 Å². The fourth-order valence-corrected chi connectivity index (χ4v) is 2.19. The van der Waals surface area contributed by atoms with E-state index in [9.17, 15) is 0 Å². The summed E-state index contributed by atoms with van der Waals surface area (Å²) >= 11 is 0. The van der Waals surface area contributed by atoms with Crippen LogP contribution < -0.4 is 9.47 Å². The molecule has 3 aromatic carbocycles. The van der Waals surface area contributed by atoms with Crippen LogP contribution in [0, 0.1) is 13.8 Å². The molecule has 0 heterocycles. The van der Waals surface area contributed by atoms with Crippen molar-refractivity contribution in [1.82, 2.24) is 0 Å². The minimum Gasteiger partial charge on any atom is -0.457 e. The van der Waals surface area contributed by atoms with Crippen LogP contribution in [0.25, 0.3) is 0 Å². The molecule has 110 valence electrons. The van der Waals surface area contributed by atoms with Gasteiger partial charge in [0.2, 0.25) is 0 Å². The summed E-state index contributed by atoms with van der Waals surface area (Å²) in [6.07, 6.45) is 0. The number of hydrogen-bond acceptors (Lipinski definition) is 2. The first-order valence-corrected chi connectivity index (χ1v) is 7.29. The third kappa shape index (κ3) is 3.47. The Balaban J connectivity index is 1.72. The summed E-state index contributed by atoms with van der Waals surface area (Å²) in [5.74, 6) is 3.30. The molecule has 2 heteroatoms. The second-order valence-electron chi connectivity index (χ2n) is 5.26. The highest BCUT2D eigenvalue weighted by Gasteiger charge is 2.02. The molecule has 0 spiro atoms. The molecule has 22 heavy (non-hydrogen) atoms. The van der Waals surface area contributed by atoms with Crippen molar-refractivity contribution in [1.29, 1.82) is 0 Å². The Labute approximate surface area is 131 Å². The van der Waals surface area contributed by atoms with E-state index in [1.807, 2.05) is 86.6 Å². The van der Waals surface area contributed by atoms with Crippen LogP contribution in [0.1, 0.15) is 11.1 Å². The summed E-state index contributed by atoms with van der Waals surface area (Å²) in [6.45, 7) is 4.08. The third-order valence-corrected chi connectivity index (χ3v) is 3.37. The molecule has 0 unspecified atom stereocenters. The topological polar surface area (TPSA) is 18.5 Å². The normalized spacial score (nSPS) is 10.3. The van der Waals surface area contributed by atoms with E-state index < -0.39 is 0 Å². The van der Waals surface area contributed by atoms with Crippen molar-refractivity contribution in [3.8, 4) is 23.0 Å². The summed E-state index contributed by atoms with van der Waals surface area (Å²) in [5, 5.41) is 0. The quantitative estimate of drug-likeness (QED) is 0.596. The van der Waals surface area contributed by atoms with Gasteiger partial charge >= 0.3 is 0 Å². The lowest BCUT2D eigenvalue weighted by Crippen LogP contribution is -1.88. The van der Waals surface area contributed by atoms with Crippen molar-refractivity contribution >= 4 is 0 Å². The van der Waals surface area contributed by atoms with Gasteiger partial charge in [-0.1, -0.05) is 30.3 Å². The summed E-state index contributed by atoms with van der Waals surface area (Å²) in [7, 11) is 0. The first-order chi connectivity index (χ1) is 10.7. The van der Waals surface area contributed by atoms with E-state index in [0.29, 0.717) is 0 Å².